The molecule has 0 unspecified atom stereocenters. The number of nitrogens with zero attached hydrogens (tertiary/aromatic N) is 2. The van der Waals surface area contributed by atoms with E-state index in [9.17, 15) is 0 Å². The molecule has 0 atom stereocenters. The van der Waals surface area contributed by atoms with Gasteiger partial charge in [-0.2, -0.15) is 0 Å². The van der Waals surface area contributed by atoms with Gasteiger partial charge in [0.1, 0.15) is 4.60 Å². The molecular weight excluding hydrogens is 354 g/mol. The Morgan fingerprint density at radius 3 is 2.76 bits per heavy atom. The maximum atomic E-state index is 9.02. The molecule has 0 spiro atoms. The average Bonchev–Trinajstić information content (AvgIpc) is 2.73. The van der Waals surface area contributed by atoms with Crippen molar-refractivity contribution in [2.45, 2.75) is 0 Å². The number of halogens is 2. The van der Waals surface area contributed by atoms with Crippen molar-refractivity contribution >= 4 is 43.4 Å². The van der Waals surface area contributed by atoms with Crippen LogP contribution in [0.15, 0.2) is 48.9 Å². The number of benzene rings is 1. The zero-order valence-corrected chi connectivity index (χ0v) is 11.6. The zero-order valence-electron chi connectivity index (χ0n) is 8.39. The molecule has 7 heteroatoms. The van der Waals surface area contributed by atoms with Crippen LogP contribution in [0.25, 0.3) is 0 Å². The molecule has 2 N–H and O–H groups in total. The fourth-order valence-corrected chi connectivity index (χ4v) is 1.84. The third kappa shape index (κ3) is 3.15. The van der Waals surface area contributed by atoms with Gasteiger partial charge in [-0.3, -0.25) is 5.21 Å². The van der Waals surface area contributed by atoms with Crippen molar-refractivity contribution in [3.05, 3.63) is 45.2 Å². The van der Waals surface area contributed by atoms with E-state index in [1.807, 2.05) is 23.7 Å². The summed E-state index contributed by atoms with van der Waals surface area (Å²) < 4.78 is 6.39. The fraction of sp³-hybridized carbons (Fsp3) is 0. The van der Waals surface area contributed by atoms with Crippen molar-refractivity contribution in [2.24, 2.45) is 4.99 Å². The van der Waals surface area contributed by atoms with Crippen molar-refractivity contribution in [1.82, 2.24) is 10.6 Å². The number of nitrogens with one attached hydrogen (secondary N) is 1. The van der Waals surface area contributed by atoms with Gasteiger partial charge in [0.05, 0.1) is 5.69 Å². The van der Waals surface area contributed by atoms with Crippen LogP contribution < -0.4 is 5.48 Å². The lowest BCUT2D eigenvalue weighted by atomic mass is 10.3. The summed E-state index contributed by atoms with van der Waals surface area (Å²) in [5.74, 6) is 0.514. The number of hydrogen-bond donors (Lipinski definition) is 2. The molecule has 17 heavy (non-hydrogen) atoms. The van der Waals surface area contributed by atoms with Crippen LogP contribution >= 0.6 is 31.9 Å². The molecular formula is C10H7Br2N3O2. The smallest absolute Gasteiger partial charge is 0.205 e. The summed E-state index contributed by atoms with van der Waals surface area (Å²) in [4.78, 5) is 4.19. The van der Waals surface area contributed by atoms with Crippen molar-refractivity contribution in [3.8, 4) is 0 Å². The summed E-state index contributed by atoms with van der Waals surface area (Å²) in [6, 6.07) is 8.93. The minimum Gasteiger partial charge on any atom is -0.352 e. The van der Waals surface area contributed by atoms with E-state index in [1.165, 1.54) is 0 Å². The van der Waals surface area contributed by atoms with Gasteiger partial charge in [0, 0.05) is 10.5 Å². The second-order valence-corrected chi connectivity index (χ2v) is 4.79. The monoisotopic (exact) mass is 359 g/mol. The topological polar surface area (TPSA) is 70.7 Å². The number of hydrogen-bond acceptors (Lipinski definition) is 4. The van der Waals surface area contributed by atoms with Gasteiger partial charge in [-0.15, -0.1) is 0 Å². The van der Waals surface area contributed by atoms with Crippen LogP contribution in [0.1, 0.15) is 5.76 Å². The van der Waals surface area contributed by atoms with Crippen molar-refractivity contribution in [3.63, 3.8) is 0 Å². The lowest BCUT2D eigenvalue weighted by Crippen LogP contribution is -2.19. The first-order chi connectivity index (χ1) is 8.19. The van der Waals surface area contributed by atoms with Gasteiger partial charge in [0.2, 0.25) is 5.76 Å². The maximum absolute atomic E-state index is 9.02. The Morgan fingerprint density at radius 2 is 2.18 bits per heavy atom. The number of amidine groups is 1. The van der Waals surface area contributed by atoms with Crippen molar-refractivity contribution in [2.75, 3.05) is 0 Å². The van der Waals surface area contributed by atoms with E-state index in [-0.39, 0.29) is 5.84 Å². The molecule has 0 aliphatic carbocycles. The van der Waals surface area contributed by atoms with E-state index in [2.05, 4.69) is 42.0 Å². The first kappa shape index (κ1) is 12.3. The van der Waals surface area contributed by atoms with Gasteiger partial charge in [-0.05, 0) is 34.1 Å². The summed E-state index contributed by atoms with van der Waals surface area (Å²) >= 11 is 6.49. The first-order valence-corrected chi connectivity index (χ1v) is 6.14. The lowest BCUT2D eigenvalue weighted by Gasteiger charge is -2.00. The Morgan fingerprint density at radius 1 is 1.35 bits per heavy atom. The van der Waals surface area contributed by atoms with Gasteiger partial charge in [-0.1, -0.05) is 27.2 Å². The zero-order chi connectivity index (χ0) is 12.3. The van der Waals surface area contributed by atoms with Crippen molar-refractivity contribution < 1.29 is 9.73 Å². The summed E-state index contributed by atoms with van der Waals surface area (Å²) in [5, 5.41) is 12.7. The summed E-state index contributed by atoms with van der Waals surface area (Å²) in [5.41, 5.74) is 2.65. The van der Waals surface area contributed by atoms with E-state index in [0.717, 1.165) is 4.47 Å². The van der Waals surface area contributed by atoms with Crippen LogP contribution in [0.5, 0.6) is 0 Å². The maximum Gasteiger partial charge on any atom is 0.205 e. The Hall–Kier alpha value is -1.18. The van der Waals surface area contributed by atoms with Gasteiger partial charge in [-0.25, -0.2) is 10.5 Å². The highest BCUT2D eigenvalue weighted by Gasteiger charge is 2.09. The molecule has 0 saturated heterocycles. The molecule has 0 aliphatic heterocycles. The van der Waals surface area contributed by atoms with Crippen LogP contribution in [0.3, 0.4) is 0 Å². The van der Waals surface area contributed by atoms with E-state index < -0.39 is 0 Å². The molecule has 88 valence electrons. The fourth-order valence-electron chi connectivity index (χ4n) is 1.18. The Bertz CT molecular complexity index is 554. The predicted molar refractivity (Wildman–Crippen MR) is 69.5 cm³/mol. The quantitative estimate of drug-likeness (QED) is 0.490. The highest BCUT2D eigenvalue weighted by Crippen LogP contribution is 2.19. The number of rotatable bonds is 2. The molecule has 1 heterocycles. The van der Waals surface area contributed by atoms with Crippen LogP contribution in [0, 0.1) is 0 Å². The first-order valence-electron chi connectivity index (χ1n) is 4.56. The van der Waals surface area contributed by atoms with E-state index in [1.54, 1.807) is 12.1 Å². The normalized spacial score (nSPS) is 11.6. The molecule has 0 fully saturated rings. The van der Waals surface area contributed by atoms with Gasteiger partial charge < -0.3 is 4.52 Å². The predicted octanol–water partition coefficient (Wildman–Crippen LogP) is 3.26. The number of aliphatic imine (C=N–C) groups is 1. The summed E-state index contributed by atoms with van der Waals surface area (Å²) in [7, 11) is 0. The van der Waals surface area contributed by atoms with Gasteiger partial charge in [0.25, 0.3) is 0 Å². The highest BCUT2D eigenvalue weighted by atomic mass is 79.9. The van der Waals surface area contributed by atoms with Gasteiger partial charge >= 0.3 is 0 Å². The third-order valence-electron chi connectivity index (χ3n) is 1.87. The van der Waals surface area contributed by atoms with Crippen LogP contribution in [-0.4, -0.2) is 16.2 Å². The second kappa shape index (κ2) is 5.44. The number of aromatic nitrogens is 1. The van der Waals surface area contributed by atoms with E-state index in [4.69, 9.17) is 9.73 Å². The van der Waals surface area contributed by atoms with Crippen LogP contribution in [0.2, 0.25) is 0 Å². The minimum absolute atomic E-state index is 0.182. The summed E-state index contributed by atoms with van der Waals surface area (Å²) in [6.07, 6.45) is 0. The van der Waals surface area contributed by atoms with Crippen LogP contribution in [0.4, 0.5) is 5.69 Å². The molecule has 0 aliphatic rings. The molecule has 0 amide bonds. The third-order valence-corrected chi connectivity index (χ3v) is 2.74. The Kier molecular flexibility index (Phi) is 3.93. The Labute approximate surface area is 114 Å². The Balaban J connectivity index is 2.36. The molecule has 1 aromatic heterocycles. The van der Waals surface area contributed by atoms with E-state index in [0.29, 0.717) is 16.1 Å². The van der Waals surface area contributed by atoms with Crippen LogP contribution in [-0.2, 0) is 0 Å². The molecule has 0 radical (unpaired) electrons. The molecule has 5 nitrogen and oxygen atoms in total. The van der Waals surface area contributed by atoms with E-state index >= 15 is 0 Å². The molecule has 2 aromatic rings. The standard InChI is InChI=1S/C10H7Br2N3O2/c11-6-2-1-3-7(4-6)13-10(14-16)8-5-9(12)15-17-8/h1-5,16H,(H,13,14). The lowest BCUT2D eigenvalue weighted by molar-refractivity contribution is 0.231. The SMILES string of the molecule is ONC(=Nc1cccc(Br)c1)c1cc(Br)no1. The molecule has 0 saturated carbocycles. The largest absolute Gasteiger partial charge is 0.352 e. The molecule has 2 rings (SSSR count). The molecule has 0 bridgehead atoms. The second-order valence-electron chi connectivity index (χ2n) is 3.07. The highest BCUT2D eigenvalue weighted by molar-refractivity contribution is 9.10. The van der Waals surface area contributed by atoms with Gasteiger partial charge in [0.15, 0.2) is 5.84 Å². The average molecular weight is 361 g/mol. The number of hydroxylamine groups is 1. The minimum atomic E-state index is 0.182. The summed E-state index contributed by atoms with van der Waals surface area (Å²) in [6.45, 7) is 0. The molecule has 1 aromatic carbocycles. The van der Waals surface area contributed by atoms with Crippen molar-refractivity contribution in [1.29, 1.82) is 0 Å².